The van der Waals surface area contributed by atoms with E-state index in [2.05, 4.69) is 24.5 Å². The second-order valence-corrected chi connectivity index (χ2v) is 10.8. The molecule has 15 heavy (non-hydrogen) atoms. The summed E-state index contributed by atoms with van der Waals surface area (Å²) in [6.45, 7) is 10.2. The van der Waals surface area contributed by atoms with Crippen molar-refractivity contribution in [1.29, 1.82) is 0 Å². The van der Waals surface area contributed by atoms with Gasteiger partial charge in [-0.3, -0.25) is 4.79 Å². The molecule has 0 aromatic rings. The Bertz CT molecular complexity index is 220. The molecule has 88 valence electrons. The molecule has 0 bridgehead atoms. The Morgan fingerprint density at radius 1 is 1.20 bits per heavy atom. The predicted octanol–water partition coefficient (Wildman–Crippen LogP) is 0.000300. The molecule has 1 fully saturated rings. The van der Waals surface area contributed by atoms with Crippen molar-refractivity contribution in [3.63, 3.8) is 0 Å². The highest BCUT2D eigenvalue weighted by Crippen LogP contribution is 2.08. The molecule has 5 heteroatoms. The Morgan fingerprint density at radius 2 is 1.73 bits per heavy atom. The average molecular weight is 230 g/mol. The largest absolute Gasteiger partial charge is 0.387 e. The molecule has 0 spiro atoms. The van der Waals surface area contributed by atoms with Gasteiger partial charge in [0.2, 0.25) is 5.91 Å². The molecule has 0 aliphatic carbocycles. The Labute approximate surface area is 92.9 Å². The number of hydrogen-bond donors (Lipinski definition) is 1. The summed E-state index contributed by atoms with van der Waals surface area (Å²) < 4.78 is 0. The maximum atomic E-state index is 11.2. The molecule has 0 atom stereocenters. The molecule has 1 aliphatic heterocycles. The van der Waals surface area contributed by atoms with E-state index in [0.29, 0.717) is 0 Å². The fraction of sp³-hybridized carbons (Fsp3) is 0.900. The smallest absolute Gasteiger partial charge is 0.248 e. The van der Waals surface area contributed by atoms with E-state index in [1.54, 1.807) is 4.90 Å². The summed E-state index contributed by atoms with van der Waals surface area (Å²) in [5.74, 6) is -0.136. The van der Waals surface area contributed by atoms with Crippen molar-refractivity contribution in [2.75, 3.05) is 39.0 Å². The molecular formula is C10H22N2O2Si. The van der Waals surface area contributed by atoms with E-state index in [-0.39, 0.29) is 12.5 Å². The maximum absolute atomic E-state index is 11.2. The summed E-state index contributed by atoms with van der Waals surface area (Å²) in [6.07, 6.45) is 1.20. The Balaban J connectivity index is 2.33. The second-order valence-electron chi connectivity index (χ2n) is 5.38. The van der Waals surface area contributed by atoms with Gasteiger partial charge in [0.1, 0.15) is 6.61 Å². The first-order valence-electron chi connectivity index (χ1n) is 5.53. The molecular weight excluding hydrogens is 208 g/mol. The van der Waals surface area contributed by atoms with Gasteiger partial charge in [-0.25, -0.2) is 0 Å². The molecule has 1 amide bonds. The number of carbonyl (C=O) groups excluding carboxylic acids is 1. The van der Waals surface area contributed by atoms with Crippen LogP contribution in [-0.2, 0) is 4.79 Å². The second kappa shape index (κ2) is 5.09. The van der Waals surface area contributed by atoms with Gasteiger partial charge in [0.05, 0.1) is 8.07 Å². The summed E-state index contributed by atoms with van der Waals surface area (Å²) in [4.78, 5) is 15.4. The van der Waals surface area contributed by atoms with E-state index >= 15 is 0 Å². The van der Waals surface area contributed by atoms with Gasteiger partial charge >= 0.3 is 0 Å². The molecule has 1 saturated heterocycles. The molecule has 0 radical (unpaired) electrons. The van der Waals surface area contributed by atoms with Gasteiger partial charge in [-0.05, 0) is 6.17 Å². The molecule has 0 aromatic carbocycles. The van der Waals surface area contributed by atoms with Crippen LogP contribution in [-0.4, -0.2) is 67.8 Å². The van der Waals surface area contributed by atoms with Crippen LogP contribution >= 0.6 is 0 Å². The SMILES string of the molecule is C[Si](C)(C)CN1CCN(C(=O)CO)CC1. The van der Waals surface area contributed by atoms with Crippen LogP contribution in [0.15, 0.2) is 0 Å². The highest BCUT2D eigenvalue weighted by molar-refractivity contribution is 6.76. The lowest BCUT2D eigenvalue weighted by Gasteiger charge is -2.37. The Kier molecular flexibility index (Phi) is 4.30. The van der Waals surface area contributed by atoms with Crippen molar-refractivity contribution in [1.82, 2.24) is 9.80 Å². The van der Waals surface area contributed by atoms with Crippen molar-refractivity contribution in [2.24, 2.45) is 0 Å². The zero-order valence-electron chi connectivity index (χ0n) is 9.99. The minimum absolute atomic E-state index is 0.136. The maximum Gasteiger partial charge on any atom is 0.248 e. The fourth-order valence-corrected chi connectivity index (χ4v) is 3.58. The number of rotatable bonds is 3. The van der Waals surface area contributed by atoms with E-state index in [9.17, 15) is 4.79 Å². The predicted molar refractivity (Wildman–Crippen MR) is 63.5 cm³/mol. The number of carbonyl (C=O) groups is 1. The first-order chi connectivity index (χ1) is 6.92. The van der Waals surface area contributed by atoms with Crippen LogP contribution < -0.4 is 0 Å². The highest BCUT2D eigenvalue weighted by Gasteiger charge is 2.24. The third kappa shape index (κ3) is 4.32. The average Bonchev–Trinajstić information content (AvgIpc) is 2.15. The van der Waals surface area contributed by atoms with Crippen molar-refractivity contribution < 1.29 is 9.90 Å². The third-order valence-corrected chi connectivity index (χ3v) is 3.95. The number of nitrogens with zero attached hydrogens (tertiary/aromatic N) is 2. The molecule has 1 N–H and O–H groups in total. The lowest BCUT2D eigenvalue weighted by Crippen LogP contribution is -2.53. The minimum atomic E-state index is -1.03. The van der Waals surface area contributed by atoms with Gasteiger partial charge in [0, 0.05) is 26.2 Å². The molecule has 1 heterocycles. The van der Waals surface area contributed by atoms with Crippen LogP contribution in [0.1, 0.15) is 0 Å². The minimum Gasteiger partial charge on any atom is -0.387 e. The van der Waals surface area contributed by atoms with Crippen LogP contribution in [0.3, 0.4) is 0 Å². The van der Waals surface area contributed by atoms with Crippen molar-refractivity contribution >= 4 is 14.0 Å². The number of aliphatic hydroxyl groups is 1. The fourth-order valence-electron chi connectivity index (χ4n) is 1.93. The van der Waals surface area contributed by atoms with Crippen molar-refractivity contribution in [3.05, 3.63) is 0 Å². The Hall–Kier alpha value is -0.393. The van der Waals surface area contributed by atoms with Crippen LogP contribution in [0.4, 0.5) is 0 Å². The molecule has 1 rings (SSSR count). The van der Waals surface area contributed by atoms with Crippen LogP contribution in [0.25, 0.3) is 0 Å². The monoisotopic (exact) mass is 230 g/mol. The molecule has 0 unspecified atom stereocenters. The topological polar surface area (TPSA) is 43.8 Å². The van der Waals surface area contributed by atoms with Gasteiger partial charge in [-0.2, -0.15) is 0 Å². The van der Waals surface area contributed by atoms with E-state index in [1.165, 1.54) is 6.17 Å². The number of piperazine rings is 1. The van der Waals surface area contributed by atoms with E-state index < -0.39 is 8.07 Å². The quantitative estimate of drug-likeness (QED) is 0.694. The molecule has 0 saturated carbocycles. The summed E-state index contributed by atoms with van der Waals surface area (Å²) >= 11 is 0. The first-order valence-corrected chi connectivity index (χ1v) is 9.24. The van der Waals surface area contributed by atoms with E-state index in [0.717, 1.165) is 26.2 Å². The van der Waals surface area contributed by atoms with Crippen molar-refractivity contribution in [3.8, 4) is 0 Å². The summed E-state index contributed by atoms with van der Waals surface area (Å²) in [5, 5.41) is 8.74. The van der Waals surface area contributed by atoms with E-state index in [4.69, 9.17) is 5.11 Å². The van der Waals surface area contributed by atoms with Gasteiger partial charge in [-0.15, -0.1) is 0 Å². The molecule has 1 aliphatic rings. The summed E-state index contributed by atoms with van der Waals surface area (Å²) in [6, 6.07) is 0. The van der Waals surface area contributed by atoms with Gasteiger partial charge < -0.3 is 14.9 Å². The number of aliphatic hydroxyl groups excluding tert-OH is 1. The van der Waals surface area contributed by atoms with Gasteiger partial charge in [-0.1, -0.05) is 19.6 Å². The molecule has 4 nitrogen and oxygen atoms in total. The lowest BCUT2D eigenvalue weighted by atomic mass is 10.3. The third-order valence-electron chi connectivity index (χ3n) is 2.56. The first kappa shape index (κ1) is 12.7. The Morgan fingerprint density at radius 3 is 2.13 bits per heavy atom. The zero-order chi connectivity index (χ0) is 11.5. The van der Waals surface area contributed by atoms with Crippen molar-refractivity contribution in [2.45, 2.75) is 19.6 Å². The van der Waals surface area contributed by atoms with Crippen LogP contribution in [0, 0.1) is 0 Å². The van der Waals surface area contributed by atoms with Crippen LogP contribution in [0.5, 0.6) is 0 Å². The number of hydrogen-bond acceptors (Lipinski definition) is 3. The van der Waals surface area contributed by atoms with Gasteiger partial charge in [0.15, 0.2) is 0 Å². The van der Waals surface area contributed by atoms with Crippen LogP contribution in [0.2, 0.25) is 19.6 Å². The normalized spacial score (nSPS) is 19.3. The van der Waals surface area contributed by atoms with E-state index in [1.807, 2.05) is 0 Å². The molecule has 0 aromatic heterocycles. The van der Waals surface area contributed by atoms with Gasteiger partial charge in [0.25, 0.3) is 0 Å². The summed E-state index contributed by atoms with van der Waals surface area (Å²) in [5.41, 5.74) is 0. The number of amides is 1. The lowest BCUT2D eigenvalue weighted by molar-refractivity contribution is -0.135. The highest BCUT2D eigenvalue weighted by atomic mass is 28.3. The summed E-state index contributed by atoms with van der Waals surface area (Å²) in [7, 11) is -1.03. The zero-order valence-corrected chi connectivity index (χ0v) is 11.0. The standard InChI is InChI=1S/C10H22N2O2Si/c1-15(2,3)9-11-4-6-12(7-5-11)10(14)8-13/h13H,4-9H2,1-3H3.